The van der Waals surface area contributed by atoms with Gasteiger partial charge in [-0.2, -0.15) is 0 Å². The molecule has 1 amide bonds. The summed E-state index contributed by atoms with van der Waals surface area (Å²) in [6.45, 7) is 10.7. The first-order valence-corrected chi connectivity index (χ1v) is 13.3. The smallest absolute Gasteiger partial charge is 0.262 e. The summed E-state index contributed by atoms with van der Waals surface area (Å²) in [4.78, 5) is 15.2. The van der Waals surface area contributed by atoms with Crippen LogP contribution < -0.4 is 4.72 Å². The van der Waals surface area contributed by atoms with Crippen molar-refractivity contribution < 1.29 is 18.3 Å². The summed E-state index contributed by atoms with van der Waals surface area (Å²) in [6, 6.07) is 12.0. The Morgan fingerprint density at radius 1 is 0.800 bits per heavy atom. The molecule has 35 heavy (non-hydrogen) atoms. The molecule has 1 heterocycles. The van der Waals surface area contributed by atoms with Crippen LogP contribution in [-0.4, -0.2) is 37.4 Å². The average Bonchev–Trinajstić information content (AvgIpc) is 3.03. The fourth-order valence-electron chi connectivity index (χ4n) is 4.85. The van der Waals surface area contributed by atoms with Gasteiger partial charge in [0, 0.05) is 24.3 Å². The number of fused-ring (bicyclic) bond motifs is 1. The minimum Gasteiger partial charge on any atom is -0.508 e. The zero-order valence-corrected chi connectivity index (χ0v) is 21.7. The Morgan fingerprint density at radius 2 is 1.34 bits per heavy atom. The number of aromatic hydroxyl groups is 1. The zero-order valence-electron chi connectivity index (χ0n) is 20.9. The normalized spacial score (nSPS) is 13.8. The molecular weight excluding hydrogens is 460 g/mol. The second-order valence-electron chi connectivity index (χ2n) is 9.38. The first kappa shape index (κ1) is 24.8. The number of phenols is 1. The quantitative estimate of drug-likeness (QED) is 0.538. The first-order chi connectivity index (χ1) is 16.5. The van der Waals surface area contributed by atoms with E-state index in [0.29, 0.717) is 35.7 Å². The Balaban J connectivity index is 1.51. The monoisotopic (exact) mass is 492 g/mol. The van der Waals surface area contributed by atoms with E-state index in [1.165, 1.54) is 0 Å². The molecule has 4 rings (SSSR count). The zero-order chi connectivity index (χ0) is 25.5. The van der Waals surface area contributed by atoms with Gasteiger partial charge in [0.05, 0.1) is 4.90 Å². The van der Waals surface area contributed by atoms with Crippen LogP contribution in [0.1, 0.15) is 49.3 Å². The Bertz CT molecular complexity index is 1380. The van der Waals surface area contributed by atoms with E-state index in [2.05, 4.69) is 4.72 Å². The van der Waals surface area contributed by atoms with E-state index in [1.54, 1.807) is 41.3 Å². The van der Waals surface area contributed by atoms with Crippen LogP contribution in [0, 0.1) is 34.6 Å². The number of carbonyl (C=O) groups is 1. The van der Waals surface area contributed by atoms with Gasteiger partial charge in [-0.05, 0) is 123 Å². The first-order valence-electron chi connectivity index (χ1n) is 11.8. The lowest BCUT2D eigenvalue weighted by Crippen LogP contribution is -2.33. The second kappa shape index (κ2) is 9.38. The van der Waals surface area contributed by atoms with Crippen molar-refractivity contribution in [2.75, 3.05) is 17.8 Å². The maximum Gasteiger partial charge on any atom is 0.262 e. The Morgan fingerprint density at radius 3 is 1.94 bits per heavy atom. The molecule has 184 valence electrons. The number of carbonyl (C=O) groups excluding carboxylic acids is 1. The number of nitrogens with zero attached hydrogens (tertiary/aromatic N) is 1. The molecule has 0 spiro atoms. The van der Waals surface area contributed by atoms with E-state index in [0.717, 1.165) is 45.4 Å². The van der Waals surface area contributed by atoms with Gasteiger partial charge in [0.1, 0.15) is 5.75 Å². The number of amides is 1. The van der Waals surface area contributed by atoms with E-state index in [-0.39, 0.29) is 11.7 Å². The minimum absolute atomic E-state index is 0.0899. The largest absolute Gasteiger partial charge is 0.508 e. The van der Waals surface area contributed by atoms with Crippen molar-refractivity contribution in [3.8, 4) is 5.75 Å². The van der Waals surface area contributed by atoms with Gasteiger partial charge in [-0.3, -0.25) is 9.52 Å². The molecule has 0 bridgehead atoms. The van der Waals surface area contributed by atoms with E-state index in [1.807, 2.05) is 40.7 Å². The number of phenolic OH excluding ortho intramolecular Hbond substituents is 1. The molecule has 3 aromatic rings. The Labute approximate surface area is 207 Å². The van der Waals surface area contributed by atoms with Gasteiger partial charge in [-0.1, -0.05) is 6.07 Å². The molecule has 2 N–H and O–H groups in total. The lowest BCUT2D eigenvalue weighted by atomic mass is 9.95. The number of nitrogens with one attached hydrogen (secondary N) is 1. The van der Waals surface area contributed by atoms with Gasteiger partial charge >= 0.3 is 0 Å². The van der Waals surface area contributed by atoms with Gasteiger partial charge < -0.3 is 10.0 Å². The molecule has 1 aliphatic rings. The maximum absolute atomic E-state index is 13.3. The summed E-state index contributed by atoms with van der Waals surface area (Å²) in [7, 11) is -3.79. The number of benzene rings is 3. The van der Waals surface area contributed by atoms with Crippen molar-refractivity contribution in [3.05, 3.63) is 87.0 Å². The topological polar surface area (TPSA) is 86.7 Å². The van der Waals surface area contributed by atoms with Crippen LogP contribution in [0.15, 0.2) is 47.4 Å². The average molecular weight is 493 g/mol. The van der Waals surface area contributed by atoms with Crippen LogP contribution in [0.4, 0.5) is 5.69 Å². The van der Waals surface area contributed by atoms with Gasteiger partial charge in [0.25, 0.3) is 15.9 Å². The third-order valence-electron chi connectivity index (χ3n) is 7.36. The van der Waals surface area contributed by atoms with E-state index < -0.39 is 10.0 Å². The second-order valence-corrected chi connectivity index (χ2v) is 11.0. The van der Waals surface area contributed by atoms with Crippen LogP contribution >= 0.6 is 0 Å². The number of anilines is 1. The van der Waals surface area contributed by atoms with Crippen molar-refractivity contribution in [1.82, 2.24) is 4.90 Å². The molecule has 0 saturated heterocycles. The fourth-order valence-corrected chi connectivity index (χ4v) is 6.51. The third kappa shape index (κ3) is 4.78. The standard InChI is InChI=1S/C28H32N2O4S/c1-17-18(2)20(4)27(21(5)19(17)3)35(33,34)29-25-9-6-23(7-10-25)28(32)30-14-12-22-8-11-26(31)16-24(22)13-15-30/h6-11,16,29,31H,12-15H2,1-5H3. The van der Waals surface area contributed by atoms with Crippen LogP contribution in [0.25, 0.3) is 0 Å². The Kier molecular flexibility index (Phi) is 6.64. The number of hydrogen-bond acceptors (Lipinski definition) is 4. The molecule has 6 nitrogen and oxygen atoms in total. The van der Waals surface area contributed by atoms with Crippen LogP contribution in [0.3, 0.4) is 0 Å². The molecule has 0 aromatic heterocycles. The predicted octanol–water partition coefficient (Wildman–Crippen LogP) is 4.98. The van der Waals surface area contributed by atoms with Crippen LogP contribution in [-0.2, 0) is 22.9 Å². The molecule has 0 unspecified atom stereocenters. The SMILES string of the molecule is Cc1c(C)c(C)c(S(=O)(=O)Nc2ccc(C(=O)N3CCc4ccc(O)cc4CC3)cc2)c(C)c1C. The summed E-state index contributed by atoms with van der Waals surface area (Å²) >= 11 is 0. The summed E-state index contributed by atoms with van der Waals surface area (Å²) in [6.07, 6.45) is 1.41. The van der Waals surface area contributed by atoms with Crippen molar-refractivity contribution in [2.45, 2.75) is 52.4 Å². The minimum atomic E-state index is -3.79. The highest BCUT2D eigenvalue weighted by atomic mass is 32.2. The lowest BCUT2D eigenvalue weighted by Gasteiger charge is -2.21. The van der Waals surface area contributed by atoms with Crippen molar-refractivity contribution in [1.29, 1.82) is 0 Å². The number of rotatable bonds is 4. The summed E-state index contributed by atoms with van der Waals surface area (Å²) in [5, 5.41) is 9.75. The molecule has 0 saturated carbocycles. The molecule has 0 atom stereocenters. The molecule has 0 radical (unpaired) electrons. The summed E-state index contributed by atoms with van der Waals surface area (Å²) in [5.41, 5.74) is 7.70. The molecule has 7 heteroatoms. The van der Waals surface area contributed by atoms with Crippen molar-refractivity contribution >= 4 is 21.6 Å². The van der Waals surface area contributed by atoms with Crippen LogP contribution in [0.5, 0.6) is 5.75 Å². The molecule has 1 aliphatic heterocycles. The molecule has 3 aromatic carbocycles. The highest BCUT2D eigenvalue weighted by Crippen LogP contribution is 2.31. The Hall–Kier alpha value is -3.32. The molecule has 0 aliphatic carbocycles. The summed E-state index contributed by atoms with van der Waals surface area (Å²) in [5.74, 6) is 0.149. The molecule has 0 fully saturated rings. The number of sulfonamides is 1. The summed E-state index contributed by atoms with van der Waals surface area (Å²) < 4.78 is 29.3. The number of hydrogen-bond donors (Lipinski definition) is 2. The van der Waals surface area contributed by atoms with Gasteiger partial charge in [0.2, 0.25) is 0 Å². The van der Waals surface area contributed by atoms with Crippen molar-refractivity contribution in [3.63, 3.8) is 0 Å². The van der Waals surface area contributed by atoms with Crippen molar-refractivity contribution in [2.24, 2.45) is 0 Å². The highest BCUT2D eigenvalue weighted by molar-refractivity contribution is 7.92. The van der Waals surface area contributed by atoms with Gasteiger partial charge in [-0.15, -0.1) is 0 Å². The van der Waals surface area contributed by atoms with E-state index >= 15 is 0 Å². The van der Waals surface area contributed by atoms with E-state index in [4.69, 9.17) is 0 Å². The maximum atomic E-state index is 13.3. The van der Waals surface area contributed by atoms with Crippen LogP contribution in [0.2, 0.25) is 0 Å². The van der Waals surface area contributed by atoms with Gasteiger partial charge in [0.15, 0.2) is 0 Å². The van der Waals surface area contributed by atoms with Gasteiger partial charge in [-0.25, -0.2) is 8.42 Å². The highest BCUT2D eigenvalue weighted by Gasteiger charge is 2.24. The fraction of sp³-hybridized carbons (Fsp3) is 0.321. The van der Waals surface area contributed by atoms with E-state index in [9.17, 15) is 18.3 Å². The third-order valence-corrected chi connectivity index (χ3v) is 9.02. The molecular formula is C28H32N2O4S. The predicted molar refractivity (Wildman–Crippen MR) is 139 cm³/mol. The lowest BCUT2D eigenvalue weighted by molar-refractivity contribution is 0.0763.